The Morgan fingerprint density at radius 3 is 2.71 bits per heavy atom. The topological polar surface area (TPSA) is 29.5 Å². The first-order valence-corrected chi connectivity index (χ1v) is 9.07. The number of nitrogens with zero attached hydrogens (tertiary/aromatic N) is 1. The molecular weight excluding hydrogens is 349 g/mol. The van der Waals surface area contributed by atoms with Crippen molar-refractivity contribution in [1.82, 2.24) is 4.90 Å². The van der Waals surface area contributed by atoms with E-state index in [1.54, 1.807) is 35.7 Å². The van der Waals surface area contributed by atoms with Crippen molar-refractivity contribution in [2.24, 2.45) is 0 Å². The first-order valence-electron chi connectivity index (χ1n) is 7.65. The maximum absolute atomic E-state index is 13.7. The van der Waals surface area contributed by atoms with Gasteiger partial charge in [-0.15, -0.1) is 11.8 Å². The zero-order chi connectivity index (χ0) is 17.1. The average molecular weight is 366 g/mol. The highest BCUT2D eigenvalue weighted by molar-refractivity contribution is 7.99. The van der Waals surface area contributed by atoms with Gasteiger partial charge in [0.05, 0.1) is 0 Å². The standard InChI is InChI=1S/C18H17ClFNO2S/c1-12(23-16-5-3-2-4-15(16)20)17(22)21-10-11-24-18(21)13-6-8-14(19)9-7-13/h2-9,12,18H,10-11H2,1H3. The van der Waals surface area contributed by atoms with Gasteiger partial charge in [-0.05, 0) is 36.8 Å². The second-order valence-electron chi connectivity index (χ2n) is 5.50. The number of amides is 1. The van der Waals surface area contributed by atoms with Gasteiger partial charge < -0.3 is 9.64 Å². The third-order valence-electron chi connectivity index (χ3n) is 3.82. The van der Waals surface area contributed by atoms with Crippen LogP contribution in [0.2, 0.25) is 5.02 Å². The second-order valence-corrected chi connectivity index (χ2v) is 7.12. The van der Waals surface area contributed by atoms with Gasteiger partial charge in [0.25, 0.3) is 5.91 Å². The molecule has 0 saturated carbocycles. The molecule has 126 valence electrons. The van der Waals surface area contributed by atoms with Crippen LogP contribution in [0.15, 0.2) is 48.5 Å². The number of para-hydroxylation sites is 1. The Morgan fingerprint density at radius 2 is 2.00 bits per heavy atom. The summed E-state index contributed by atoms with van der Waals surface area (Å²) in [7, 11) is 0. The van der Waals surface area contributed by atoms with Crippen LogP contribution in [-0.2, 0) is 4.79 Å². The van der Waals surface area contributed by atoms with Crippen LogP contribution in [-0.4, -0.2) is 29.2 Å². The first-order chi connectivity index (χ1) is 11.6. The number of ether oxygens (including phenoxy) is 1. The van der Waals surface area contributed by atoms with Gasteiger partial charge in [-0.3, -0.25) is 4.79 Å². The molecule has 1 saturated heterocycles. The summed E-state index contributed by atoms with van der Waals surface area (Å²) >= 11 is 7.63. The van der Waals surface area contributed by atoms with Crippen molar-refractivity contribution in [2.75, 3.05) is 12.3 Å². The molecule has 1 aliphatic rings. The highest BCUT2D eigenvalue weighted by Crippen LogP contribution is 2.38. The number of hydrogen-bond acceptors (Lipinski definition) is 3. The highest BCUT2D eigenvalue weighted by Gasteiger charge is 2.34. The minimum atomic E-state index is -0.754. The number of rotatable bonds is 4. The molecule has 0 bridgehead atoms. The van der Waals surface area contributed by atoms with E-state index in [0.717, 1.165) is 11.3 Å². The Kier molecular flexibility index (Phi) is 5.31. The van der Waals surface area contributed by atoms with Gasteiger partial charge >= 0.3 is 0 Å². The van der Waals surface area contributed by atoms with Crippen LogP contribution < -0.4 is 4.74 Å². The zero-order valence-electron chi connectivity index (χ0n) is 13.1. The SMILES string of the molecule is CC(Oc1ccccc1F)C(=O)N1CCSC1c1ccc(Cl)cc1. The van der Waals surface area contributed by atoms with Crippen molar-refractivity contribution in [3.63, 3.8) is 0 Å². The van der Waals surface area contributed by atoms with Gasteiger partial charge in [0.15, 0.2) is 17.7 Å². The third-order valence-corrected chi connectivity index (χ3v) is 5.33. The van der Waals surface area contributed by atoms with E-state index in [-0.39, 0.29) is 17.0 Å². The number of hydrogen-bond donors (Lipinski definition) is 0. The molecule has 3 nitrogen and oxygen atoms in total. The molecule has 6 heteroatoms. The van der Waals surface area contributed by atoms with Crippen LogP contribution in [0.4, 0.5) is 4.39 Å². The first kappa shape index (κ1) is 17.1. The Hall–Kier alpha value is -1.72. The molecule has 0 aliphatic carbocycles. The van der Waals surface area contributed by atoms with Crippen molar-refractivity contribution >= 4 is 29.3 Å². The molecule has 2 atom stereocenters. The Morgan fingerprint density at radius 1 is 1.29 bits per heavy atom. The normalized spacial score (nSPS) is 18.5. The highest BCUT2D eigenvalue weighted by atomic mass is 35.5. The van der Waals surface area contributed by atoms with Gasteiger partial charge in [0.1, 0.15) is 5.37 Å². The monoisotopic (exact) mass is 365 g/mol. The van der Waals surface area contributed by atoms with Crippen LogP contribution in [0.3, 0.4) is 0 Å². The molecule has 3 rings (SSSR count). The molecule has 24 heavy (non-hydrogen) atoms. The molecule has 0 radical (unpaired) electrons. The average Bonchev–Trinajstić information content (AvgIpc) is 3.06. The number of thioether (sulfide) groups is 1. The molecule has 1 fully saturated rings. The summed E-state index contributed by atoms with van der Waals surface area (Å²) in [6.45, 7) is 2.29. The Labute approximate surface area is 149 Å². The van der Waals surface area contributed by atoms with Crippen molar-refractivity contribution in [3.05, 3.63) is 64.9 Å². The third kappa shape index (κ3) is 3.68. The molecule has 2 aromatic rings. The summed E-state index contributed by atoms with van der Waals surface area (Å²) in [5.74, 6) is 0.324. The van der Waals surface area contributed by atoms with Gasteiger partial charge in [-0.25, -0.2) is 4.39 Å². The molecule has 2 unspecified atom stereocenters. The van der Waals surface area contributed by atoms with Crippen LogP contribution >= 0.6 is 23.4 Å². The fourth-order valence-electron chi connectivity index (χ4n) is 2.61. The number of benzene rings is 2. The van der Waals surface area contributed by atoms with Gasteiger partial charge in [0, 0.05) is 17.3 Å². The number of halogens is 2. The van der Waals surface area contributed by atoms with Crippen LogP contribution in [0.1, 0.15) is 17.9 Å². The van der Waals surface area contributed by atoms with E-state index >= 15 is 0 Å². The summed E-state index contributed by atoms with van der Waals surface area (Å²) in [6, 6.07) is 13.6. The van der Waals surface area contributed by atoms with Crippen molar-refractivity contribution in [2.45, 2.75) is 18.4 Å². The van der Waals surface area contributed by atoms with E-state index in [9.17, 15) is 9.18 Å². The van der Waals surface area contributed by atoms with Crippen molar-refractivity contribution in [1.29, 1.82) is 0 Å². The van der Waals surface area contributed by atoms with Gasteiger partial charge in [-0.2, -0.15) is 0 Å². The van der Waals surface area contributed by atoms with E-state index in [1.807, 2.05) is 24.3 Å². The fourth-order valence-corrected chi connectivity index (χ4v) is 4.00. The quantitative estimate of drug-likeness (QED) is 0.797. The second kappa shape index (κ2) is 7.45. The van der Waals surface area contributed by atoms with Crippen LogP contribution in [0.5, 0.6) is 5.75 Å². The van der Waals surface area contributed by atoms with E-state index in [4.69, 9.17) is 16.3 Å². The lowest BCUT2D eigenvalue weighted by Crippen LogP contribution is -2.40. The predicted molar refractivity (Wildman–Crippen MR) is 94.9 cm³/mol. The van der Waals surface area contributed by atoms with E-state index in [1.165, 1.54) is 12.1 Å². The predicted octanol–water partition coefficient (Wildman–Crippen LogP) is 4.52. The molecule has 0 spiro atoms. The maximum Gasteiger partial charge on any atom is 0.264 e. The van der Waals surface area contributed by atoms with Gasteiger partial charge in [0.2, 0.25) is 0 Å². The maximum atomic E-state index is 13.7. The molecule has 2 aromatic carbocycles. The van der Waals surface area contributed by atoms with Gasteiger partial charge in [-0.1, -0.05) is 35.9 Å². The Balaban J connectivity index is 1.73. The van der Waals surface area contributed by atoms with Crippen LogP contribution in [0, 0.1) is 5.82 Å². The summed E-state index contributed by atoms with van der Waals surface area (Å²) in [5, 5.41) is 0.595. The Bertz CT molecular complexity index is 725. The minimum absolute atomic E-state index is 0.0681. The summed E-state index contributed by atoms with van der Waals surface area (Å²) in [6.07, 6.45) is -0.754. The lowest BCUT2D eigenvalue weighted by atomic mass is 10.2. The summed E-state index contributed by atoms with van der Waals surface area (Å²) in [5.41, 5.74) is 1.02. The molecule has 0 aromatic heterocycles. The fraction of sp³-hybridized carbons (Fsp3) is 0.278. The smallest absolute Gasteiger partial charge is 0.264 e. The van der Waals surface area contributed by atoms with E-state index in [0.29, 0.717) is 11.6 Å². The minimum Gasteiger partial charge on any atom is -0.478 e. The van der Waals surface area contributed by atoms with E-state index in [2.05, 4.69) is 0 Å². The van der Waals surface area contributed by atoms with E-state index < -0.39 is 11.9 Å². The lowest BCUT2D eigenvalue weighted by Gasteiger charge is -2.27. The number of carbonyl (C=O) groups is 1. The molecule has 0 N–H and O–H groups in total. The molecule has 1 heterocycles. The lowest BCUT2D eigenvalue weighted by molar-refractivity contribution is -0.138. The summed E-state index contributed by atoms with van der Waals surface area (Å²) in [4.78, 5) is 14.5. The van der Waals surface area contributed by atoms with Crippen molar-refractivity contribution in [3.8, 4) is 5.75 Å². The zero-order valence-corrected chi connectivity index (χ0v) is 14.7. The summed E-state index contributed by atoms with van der Waals surface area (Å²) < 4.78 is 19.2. The number of carbonyl (C=O) groups excluding carboxylic acids is 1. The largest absolute Gasteiger partial charge is 0.478 e. The van der Waals surface area contributed by atoms with Crippen LogP contribution in [0.25, 0.3) is 0 Å². The molecular formula is C18H17ClFNO2S. The molecule has 1 amide bonds. The van der Waals surface area contributed by atoms with Crippen molar-refractivity contribution < 1.29 is 13.9 Å². The molecule has 1 aliphatic heterocycles.